The van der Waals surface area contributed by atoms with Crippen molar-refractivity contribution in [3.05, 3.63) is 53.0 Å². The number of benzene rings is 1. The number of anilines is 1. The SMILES string of the molecule is COc1ccc(C(CC(=O)O)N2CC(CCCCc3ccc4c(n3)NCCC4)C2)cc1F. The lowest BCUT2D eigenvalue weighted by molar-refractivity contribution is -0.139. The number of nitrogens with one attached hydrogen (secondary N) is 1. The number of fused-ring (bicyclic) bond motifs is 1. The third kappa shape index (κ3) is 5.38. The molecule has 1 atom stereocenters. The van der Waals surface area contributed by atoms with E-state index in [1.807, 2.05) is 0 Å². The predicted molar refractivity (Wildman–Crippen MR) is 122 cm³/mol. The number of hydrogen-bond donors (Lipinski definition) is 2. The van der Waals surface area contributed by atoms with E-state index >= 15 is 0 Å². The fourth-order valence-electron chi connectivity index (χ4n) is 4.81. The second-order valence-corrected chi connectivity index (χ2v) is 8.91. The van der Waals surface area contributed by atoms with E-state index in [1.54, 1.807) is 12.1 Å². The zero-order valence-corrected chi connectivity index (χ0v) is 18.6. The van der Waals surface area contributed by atoms with Crippen LogP contribution in [0.5, 0.6) is 5.75 Å². The Morgan fingerprint density at radius 2 is 2.16 bits per heavy atom. The Morgan fingerprint density at radius 1 is 1.31 bits per heavy atom. The number of rotatable bonds is 10. The highest BCUT2D eigenvalue weighted by atomic mass is 19.1. The zero-order valence-electron chi connectivity index (χ0n) is 18.6. The first-order chi connectivity index (χ1) is 15.5. The van der Waals surface area contributed by atoms with Gasteiger partial charge in [0, 0.05) is 31.4 Å². The first-order valence-corrected chi connectivity index (χ1v) is 11.6. The minimum absolute atomic E-state index is 0.0312. The highest BCUT2D eigenvalue weighted by Crippen LogP contribution is 2.35. The number of carboxylic acids is 1. The number of ether oxygens (including phenoxy) is 1. The molecule has 2 aliphatic rings. The fourth-order valence-corrected chi connectivity index (χ4v) is 4.81. The van der Waals surface area contributed by atoms with Crippen LogP contribution in [0.2, 0.25) is 0 Å². The molecule has 172 valence electrons. The summed E-state index contributed by atoms with van der Waals surface area (Å²) in [6, 6.07) is 8.79. The number of aromatic nitrogens is 1. The van der Waals surface area contributed by atoms with Gasteiger partial charge in [0.05, 0.1) is 13.5 Å². The fraction of sp³-hybridized carbons (Fsp3) is 0.520. The highest BCUT2D eigenvalue weighted by molar-refractivity contribution is 5.68. The summed E-state index contributed by atoms with van der Waals surface area (Å²) in [6.45, 7) is 2.72. The minimum atomic E-state index is -0.873. The minimum Gasteiger partial charge on any atom is -0.494 e. The average molecular weight is 442 g/mol. The van der Waals surface area contributed by atoms with Crippen LogP contribution in [0.4, 0.5) is 10.2 Å². The number of carbonyl (C=O) groups is 1. The maximum absolute atomic E-state index is 14.1. The molecule has 0 radical (unpaired) electrons. The van der Waals surface area contributed by atoms with E-state index < -0.39 is 11.8 Å². The van der Waals surface area contributed by atoms with Crippen molar-refractivity contribution in [3.63, 3.8) is 0 Å². The van der Waals surface area contributed by atoms with Gasteiger partial charge in [0.2, 0.25) is 0 Å². The van der Waals surface area contributed by atoms with Crippen LogP contribution in [0.1, 0.15) is 55.0 Å². The molecule has 1 unspecified atom stereocenters. The Hall–Kier alpha value is -2.67. The number of halogens is 1. The molecule has 7 heteroatoms. The molecule has 1 fully saturated rings. The molecule has 1 aromatic heterocycles. The van der Waals surface area contributed by atoms with Gasteiger partial charge in [0.25, 0.3) is 0 Å². The summed E-state index contributed by atoms with van der Waals surface area (Å²) in [5.41, 5.74) is 3.16. The van der Waals surface area contributed by atoms with Gasteiger partial charge in [0.15, 0.2) is 11.6 Å². The van der Waals surface area contributed by atoms with Gasteiger partial charge in [-0.25, -0.2) is 9.37 Å². The summed E-state index contributed by atoms with van der Waals surface area (Å²) < 4.78 is 19.1. The number of aryl methyl sites for hydroxylation is 2. The molecule has 6 nitrogen and oxygen atoms in total. The molecule has 0 aliphatic carbocycles. The van der Waals surface area contributed by atoms with Gasteiger partial charge in [-0.05, 0) is 67.3 Å². The summed E-state index contributed by atoms with van der Waals surface area (Å²) in [5.74, 6) is 0.467. The van der Waals surface area contributed by atoms with E-state index in [1.165, 1.54) is 25.2 Å². The van der Waals surface area contributed by atoms with E-state index in [-0.39, 0.29) is 18.2 Å². The number of hydrogen-bond acceptors (Lipinski definition) is 5. The molecule has 1 saturated heterocycles. The van der Waals surface area contributed by atoms with Gasteiger partial charge in [-0.15, -0.1) is 0 Å². The summed E-state index contributed by atoms with van der Waals surface area (Å²) in [4.78, 5) is 18.3. The molecule has 0 spiro atoms. The highest BCUT2D eigenvalue weighted by Gasteiger charge is 2.34. The monoisotopic (exact) mass is 441 g/mol. The second-order valence-electron chi connectivity index (χ2n) is 8.91. The number of methoxy groups -OCH3 is 1. The van der Waals surface area contributed by atoms with Gasteiger partial charge in [-0.1, -0.05) is 18.6 Å². The Bertz CT molecular complexity index is 946. The molecule has 0 bridgehead atoms. The van der Waals surface area contributed by atoms with Crippen LogP contribution in [-0.2, 0) is 17.6 Å². The van der Waals surface area contributed by atoms with Crippen LogP contribution in [0.15, 0.2) is 30.3 Å². The van der Waals surface area contributed by atoms with Crippen LogP contribution >= 0.6 is 0 Å². The first kappa shape index (κ1) is 22.5. The molecule has 32 heavy (non-hydrogen) atoms. The van der Waals surface area contributed by atoms with Gasteiger partial charge >= 0.3 is 5.97 Å². The molecule has 1 aromatic carbocycles. The lowest BCUT2D eigenvalue weighted by atomic mass is 9.89. The van der Waals surface area contributed by atoms with Gasteiger partial charge in [0.1, 0.15) is 5.82 Å². The van der Waals surface area contributed by atoms with E-state index in [9.17, 15) is 14.3 Å². The lowest BCUT2D eigenvalue weighted by Gasteiger charge is -2.44. The normalized spacial score (nSPS) is 17.2. The molecular weight excluding hydrogens is 409 g/mol. The Balaban J connectivity index is 1.24. The van der Waals surface area contributed by atoms with Crippen molar-refractivity contribution >= 4 is 11.8 Å². The van der Waals surface area contributed by atoms with E-state index in [0.29, 0.717) is 11.5 Å². The number of pyridine rings is 1. The molecule has 0 saturated carbocycles. The average Bonchev–Trinajstić information content (AvgIpc) is 2.76. The number of nitrogens with zero attached hydrogens (tertiary/aromatic N) is 2. The van der Waals surface area contributed by atoms with Crippen LogP contribution in [0.25, 0.3) is 0 Å². The third-order valence-corrected chi connectivity index (χ3v) is 6.60. The number of aliphatic carboxylic acids is 1. The molecule has 0 amide bonds. The molecule has 2 aromatic rings. The van der Waals surface area contributed by atoms with Gasteiger partial charge in [-0.2, -0.15) is 0 Å². The van der Waals surface area contributed by atoms with Crippen molar-refractivity contribution in [1.29, 1.82) is 0 Å². The van der Waals surface area contributed by atoms with Crippen molar-refractivity contribution in [3.8, 4) is 5.75 Å². The van der Waals surface area contributed by atoms with Crippen molar-refractivity contribution in [2.45, 2.75) is 51.0 Å². The van der Waals surface area contributed by atoms with E-state index in [0.717, 1.165) is 63.3 Å². The Kier molecular flexibility index (Phi) is 7.25. The van der Waals surface area contributed by atoms with Crippen molar-refractivity contribution in [2.75, 3.05) is 32.1 Å². The topological polar surface area (TPSA) is 74.7 Å². The van der Waals surface area contributed by atoms with Crippen LogP contribution < -0.4 is 10.1 Å². The third-order valence-electron chi connectivity index (χ3n) is 6.60. The number of carboxylic acid groups (broad SMARTS) is 1. The smallest absolute Gasteiger partial charge is 0.305 e. The summed E-state index contributed by atoms with van der Waals surface area (Å²) in [6.07, 6.45) is 6.59. The Labute approximate surface area is 188 Å². The standard InChI is InChI=1S/C25H32FN3O3/c1-32-23-11-9-19(13-21(23)26)22(14-24(30)31)29-15-17(16-29)5-2-3-7-20-10-8-18-6-4-12-27-25(18)28-20/h8-11,13,17,22H,2-7,12,14-16H2,1H3,(H,27,28)(H,30,31). The zero-order chi connectivity index (χ0) is 22.5. The Morgan fingerprint density at radius 3 is 2.91 bits per heavy atom. The van der Waals surface area contributed by atoms with Crippen LogP contribution in [0.3, 0.4) is 0 Å². The lowest BCUT2D eigenvalue weighted by Crippen LogP contribution is -2.48. The summed E-state index contributed by atoms with van der Waals surface area (Å²) in [7, 11) is 1.42. The molecule has 3 heterocycles. The maximum atomic E-state index is 14.1. The number of likely N-dealkylation sites (tertiary alicyclic amines) is 1. The van der Waals surface area contributed by atoms with Crippen LogP contribution in [0, 0.1) is 11.7 Å². The maximum Gasteiger partial charge on any atom is 0.305 e. The van der Waals surface area contributed by atoms with E-state index in [2.05, 4.69) is 22.3 Å². The second kappa shape index (κ2) is 10.3. The summed E-state index contributed by atoms with van der Waals surface area (Å²) in [5, 5.41) is 12.7. The van der Waals surface area contributed by atoms with Crippen molar-refractivity contribution in [2.24, 2.45) is 5.92 Å². The number of unbranched alkanes of at least 4 members (excludes halogenated alkanes) is 1. The summed E-state index contributed by atoms with van der Waals surface area (Å²) >= 11 is 0. The van der Waals surface area contributed by atoms with Gasteiger partial charge in [-0.3, -0.25) is 9.69 Å². The predicted octanol–water partition coefficient (Wildman–Crippen LogP) is 4.45. The quantitative estimate of drug-likeness (QED) is 0.531. The van der Waals surface area contributed by atoms with Crippen LogP contribution in [-0.4, -0.2) is 47.7 Å². The molecule has 2 aliphatic heterocycles. The molecule has 2 N–H and O–H groups in total. The molecule has 4 rings (SSSR count). The first-order valence-electron chi connectivity index (χ1n) is 11.6. The molecular formula is C25H32FN3O3. The van der Waals surface area contributed by atoms with E-state index in [4.69, 9.17) is 9.72 Å². The van der Waals surface area contributed by atoms with Crippen molar-refractivity contribution < 1.29 is 19.0 Å². The van der Waals surface area contributed by atoms with Crippen molar-refractivity contribution in [1.82, 2.24) is 9.88 Å². The van der Waals surface area contributed by atoms with Gasteiger partial charge < -0.3 is 15.2 Å². The largest absolute Gasteiger partial charge is 0.494 e.